The van der Waals surface area contributed by atoms with Gasteiger partial charge in [-0.15, -0.1) is 0 Å². The smallest absolute Gasteiger partial charge is 0.255 e. The number of rotatable bonds is 9. The Labute approximate surface area is 196 Å². The molecular weight excluding hydrogens is 462 g/mol. The molecule has 1 heterocycles. The molecule has 1 aliphatic heterocycles. The molecule has 0 spiro atoms. The van der Waals surface area contributed by atoms with Crippen molar-refractivity contribution in [3.05, 3.63) is 59.7 Å². The van der Waals surface area contributed by atoms with Crippen LogP contribution >= 0.6 is 0 Å². The molecule has 0 radical (unpaired) electrons. The van der Waals surface area contributed by atoms with Gasteiger partial charge >= 0.3 is 0 Å². The van der Waals surface area contributed by atoms with E-state index in [-0.39, 0.29) is 16.6 Å². The number of carbonyl (C=O) groups excluding carboxylic acids is 1. The maximum absolute atomic E-state index is 12.6. The maximum Gasteiger partial charge on any atom is 0.255 e. The minimum absolute atomic E-state index is 0.0859. The second-order valence-electron chi connectivity index (χ2n) is 7.98. The van der Waals surface area contributed by atoms with Gasteiger partial charge in [0.2, 0.25) is 20.0 Å². The number of carbonyl (C=O) groups is 1. The van der Waals surface area contributed by atoms with Gasteiger partial charge in [-0.25, -0.2) is 21.1 Å². The van der Waals surface area contributed by atoms with Gasteiger partial charge in [-0.2, -0.15) is 4.31 Å². The second-order valence-corrected chi connectivity index (χ2v) is 11.9. The Morgan fingerprint density at radius 2 is 1.45 bits per heavy atom. The Morgan fingerprint density at radius 1 is 0.879 bits per heavy atom. The number of hydrogen-bond acceptors (Lipinski definition) is 5. The summed E-state index contributed by atoms with van der Waals surface area (Å²) in [5, 5.41) is 2.74. The summed E-state index contributed by atoms with van der Waals surface area (Å²) >= 11 is 0. The van der Waals surface area contributed by atoms with E-state index in [1.165, 1.54) is 16.4 Å². The zero-order valence-electron chi connectivity index (χ0n) is 19.0. The third kappa shape index (κ3) is 6.20. The molecule has 3 rings (SSSR count). The van der Waals surface area contributed by atoms with Gasteiger partial charge in [-0.3, -0.25) is 4.79 Å². The molecule has 1 fully saturated rings. The minimum Gasteiger partial charge on any atom is -0.322 e. The van der Waals surface area contributed by atoms with E-state index in [2.05, 4.69) is 5.32 Å². The van der Waals surface area contributed by atoms with Crippen LogP contribution in [0.3, 0.4) is 0 Å². The first-order valence-corrected chi connectivity index (χ1v) is 14.2. The van der Waals surface area contributed by atoms with E-state index in [9.17, 15) is 21.6 Å². The first kappa shape index (κ1) is 25.4. The fraction of sp³-hybridized carbons (Fsp3) is 0.435. The van der Waals surface area contributed by atoms with Crippen LogP contribution in [0, 0.1) is 0 Å². The van der Waals surface area contributed by atoms with E-state index in [4.69, 9.17) is 0 Å². The van der Waals surface area contributed by atoms with Crippen molar-refractivity contribution < 1.29 is 21.6 Å². The Hall–Kier alpha value is -2.27. The zero-order chi connectivity index (χ0) is 24.1. The third-order valence-electron chi connectivity index (χ3n) is 5.73. The molecule has 0 bridgehead atoms. The highest BCUT2D eigenvalue weighted by molar-refractivity contribution is 7.89. The van der Waals surface area contributed by atoms with Crippen molar-refractivity contribution in [2.45, 2.75) is 43.8 Å². The Kier molecular flexibility index (Phi) is 8.28. The van der Waals surface area contributed by atoms with Gasteiger partial charge < -0.3 is 5.32 Å². The summed E-state index contributed by atoms with van der Waals surface area (Å²) in [5.74, 6) is -0.447. The summed E-state index contributed by atoms with van der Waals surface area (Å²) in [7, 11) is -6.92. The van der Waals surface area contributed by atoms with Crippen molar-refractivity contribution in [2.24, 2.45) is 0 Å². The van der Waals surface area contributed by atoms with Gasteiger partial charge in [-0.1, -0.05) is 32.4 Å². The normalized spacial score (nSPS) is 15.5. The highest BCUT2D eigenvalue weighted by atomic mass is 32.2. The zero-order valence-corrected chi connectivity index (χ0v) is 20.7. The van der Waals surface area contributed by atoms with Crippen molar-refractivity contribution in [1.29, 1.82) is 0 Å². The minimum atomic E-state index is -3.56. The Bertz CT molecular complexity index is 1150. The second kappa shape index (κ2) is 10.8. The molecule has 2 aromatic rings. The van der Waals surface area contributed by atoms with Gasteiger partial charge in [0, 0.05) is 37.4 Å². The fourth-order valence-corrected chi connectivity index (χ4v) is 6.89. The molecule has 180 valence electrons. The SMILES string of the molecule is CCN(CC)S(=O)(=O)c1ccc(NC(=O)c2ccc(CS(=O)(=O)N3CCCCC3)cc2)cc1. The predicted octanol–water partition coefficient (Wildman–Crippen LogP) is 3.29. The highest BCUT2D eigenvalue weighted by Crippen LogP contribution is 2.20. The van der Waals surface area contributed by atoms with Crippen LogP contribution in [0.25, 0.3) is 0 Å². The van der Waals surface area contributed by atoms with Crippen molar-refractivity contribution in [2.75, 3.05) is 31.5 Å². The highest BCUT2D eigenvalue weighted by Gasteiger charge is 2.24. The van der Waals surface area contributed by atoms with Crippen LogP contribution in [0.15, 0.2) is 53.4 Å². The number of amides is 1. The lowest BCUT2D eigenvalue weighted by Crippen LogP contribution is -2.36. The quantitative estimate of drug-likeness (QED) is 0.577. The van der Waals surface area contributed by atoms with Crippen LogP contribution in [0.4, 0.5) is 5.69 Å². The summed E-state index contributed by atoms with van der Waals surface area (Å²) in [5.41, 5.74) is 1.48. The van der Waals surface area contributed by atoms with Crippen LogP contribution < -0.4 is 5.32 Å². The molecule has 0 aliphatic carbocycles. The molecule has 0 unspecified atom stereocenters. The summed E-state index contributed by atoms with van der Waals surface area (Å²) in [6.45, 7) is 5.46. The van der Waals surface area contributed by atoms with Gasteiger partial charge in [-0.05, 0) is 54.8 Å². The maximum atomic E-state index is 12.6. The molecule has 0 aromatic heterocycles. The molecule has 0 atom stereocenters. The fourth-order valence-electron chi connectivity index (χ4n) is 3.82. The van der Waals surface area contributed by atoms with Gasteiger partial charge in [0.1, 0.15) is 0 Å². The summed E-state index contributed by atoms with van der Waals surface area (Å²) in [6, 6.07) is 12.5. The summed E-state index contributed by atoms with van der Waals surface area (Å²) < 4.78 is 53.2. The Balaban J connectivity index is 1.64. The third-order valence-corrected chi connectivity index (χ3v) is 9.64. The number of anilines is 1. The van der Waals surface area contributed by atoms with Gasteiger partial charge in [0.05, 0.1) is 10.6 Å². The van der Waals surface area contributed by atoms with Crippen LogP contribution in [0.5, 0.6) is 0 Å². The number of nitrogens with one attached hydrogen (secondary N) is 1. The number of hydrogen-bond donors (Lipinski definition) is 1. The average Bonchev–Trinajstić information content (AvgIpc) is 2.81. The number of sulfonamides is 2. The first-order valence-electron chi connectivity index (χ1n) is 11.2. The lowest BCUT2D eigenvalue weighted by molar-refractivity contribution is 0.102. The van der Waals surface area contributed by atoms with E-state index in [1.807, 2.05) is 0 Å². The number of piperidine rings is 1. The molecule has 1 N–H and O–H groups in total. The molecule has 1 amide bonds. The molecule has 8 nitrogen and oxygen atoms in total. The standard InChI is InChI=1S/C23H31N3O5S2/c1-3-25(4-2)33(30,31)22-14-12-21(13-15-22)24-23(27)20-10-8-19(9-11-20)18-32(28,29)26-16-6-5-7-17-26/h8-15H,3-7,16-18H2,1-2H3,(H,24,27). The lowest BCUT2D eigenvalue weighted by Gasteiger charge is -2.25. The van der Waals surface area contributed by atoms with E-state index in [0.29, 0.717) is 43.0 Å². The van der Waals surface area contributed by atoms with E-state index < -0.39 is 20.0 Å². The Morgan fingerprint density at radius 3 is 2.00 bits per heavy atom. The first-order chi connectivity index (χ1) is 15.7. The topological polar surface area (TPSA) is 104 Å². The summed E-state index contributed by atoms with van der Waals surface area (Å²) in [6.07, 6.45) is 2.84. The average molecular weight is 494 g/mol. The monoisotopic (exact) mass is 493 g/mol. The molecular formula is C23H31N3O5S2. The van der Waals surface area contributed by atoms with Crippen LogP contribution in [0.2, 0.25) is 0 Å². The van der Waals surface area contributed by atoms with Crippen LogP contribution in [-0.2, 0) is 25.8 Å². The van der Waals surface area contributed by atoms with Gasteiger partial charge in [0.25, 0.3) is 5.91 Å². The van der Waals surface area contributed by atoms with E-state index in [1.54, 1.807) is 54.6 Å². The van der Waals surface area contributed by atoms with Crippen molar-refractivity contribution in [3.8, 4) is 0 Å². The number of benzene rings is 2. The molecule has 10 heteroatoms. The van der Waals surface area contributed by atoms with Crippen molar-refractivity contribution in [3.63, 3.8) is 0 Å². The van der Waals surface area contributed by atoms with Crippen molar-refractivity contribution in [1.82, 2.24) is 8.61 Å². The molecule has 1 saturated heterocycles. The molecule has 0 saturated carbocycles. The predicted molar refractivity (Wildman–Crippen MR) is 129 cm³/mol. The van der Waals surface area contributed by atoms with Gasteiger partial charge in [0.15, 0.2) is 0 Å². The van der Waals surface area contributed by atoms with E-state index >= 15 is 0 Å². The largest absolute Gasteiger partial charge is 0.322 e. The summed E-state index contributed by atoms with van der Waals surface area (Å²) in [4.78, 5) is 12.7. The van der Waals surface area contributed by atoms with Crippen molar-refractivity contribution >= 4 is 31.6 Å². The molecule has 2 aromatic carbocycles. The van der Waals surface area contributed by atoms with Crippen LogP contribution in [0.1, 0.15) is 49.0 Å². The molecule has 1 aliphatic rings. The van der Waals surface area contributed by atoms with Crippen LogP contribution in [-0.4, -0.2) is 57.5 Å². The lowest BCUT2D eigenvalue weighted by atomic mass is 10.1. The van der Waals surface area contributed by atoms with E-state index in [0.717, 1.165) is 19.3 Å². The molecule has 33 heavy (non-hydrogen) atoms. The number of nitrogens with zero attached hydrogens (tertiary/aromatic N) is 2.